The van der Waals surface area contributed by atoms with Crippen LogP contribution in [0.3, 0.4) is 0 Å². The van der Waals surface area contributed by atoms with Gasteiger partial charge in [0.1, 0.15) is 0 Å². The highest BCUT2D eigenvalue weighted by atomic mass is 15.1. The number of hydrogen-bond acceptors (Lipinski definition) is 2. The van der Waals surface area contributed by atoms with Crippen LogP contribution in [0.2, 0.25) is 0 Å². The van der Waals surface area contributed by atoms with Crippen molar-refractivity contribution in [1.29, 1.82) is 0 Å². The van der Waals surface area contributed by atoms with Crippen molar-refractivity contribution in [2.24, 2.45) is 7.05 Å². The van der Waals surface area contributed by atoms with Gasteiger partial charge in [0.2, 0.25) is 0 Å². The summed E-state index contributed by atoms with van der Waals surface area (Å²) >= 11 is 0. The average molecular weight is 257 g/mol. The molecule has 1 fully saturated rings. The molecule has 1 aliphatic rings. The number of nitrogens with one attached hydrogen (secondary N) is 1. The zero-order valence-corrected chi connectivity index (χ0v) is 11.9. The fourth-order valence-corrected chi connectivity index (χ4v) is 3.03. The summed E-state index contributed by atoms with van der Waals surface area (Å²) in [6, 6.07) is 9.32. The lowest BCUT2D eigenvalue weighted by Gasteiger charge is -2.29. The molecule has 0 aliphatic carbocycles. The summed E-state index contributed by atoms with van der Waals surface area (Å²) in [7, 11) is 4.34. The molecule has 3 heteroatoms. The Balaban J connectivity index is 1.69. The number of fused-ring (bicyclic) bond motifs is 1. The third-order valence-electron chi connectivity index (χ3n) is 4.28. The third kappa shape index (κ3) is 2.67. The smallest absolute Gasteiger partial charge is 0.0481 e. The molecular weight excluding hydrogens is 234 g/mol. The second-order valence-corrected chi connectivity index (χ2v) is 5.74. The van der Waals surface area contributed by atoms with Gasteiger partial charge in [0.25, 0.3) is 0 Å². The summed E-state index contributed by atoms with van der Waals surface area (Å²) in [5.41, 5.74) is 2.74. The molecule has 0 unspecified atom stereocenters. The monoisotopic (exact) mass is 257 g/mol. The maximum Gasteiger partial charge on any atom is 0.0481 e. The molecule has 19 heavy (non-hydrogen) atoms. The Morgan fingerprint density at radius 1 is 1.16 bits per heavy atom. The summed E-state index contributed by atoms with van der Waals surface area (Å²) in [5, 5.41) is 5.10. The molecule has 1 aromatic carbocycles. The molecule has 2 heterocycles. The first-order valence-corrected chi connectivity index (χ1v) is 7.19. The second kappa shape index (κ2) is 5.35. The zero-order valence-electron chi connectivity index (χ0n) is 11.9. The summed E-state index contributed by atoms with van der Waals surface area (Å²) < 4.78 is 2.22. The Morgan fingerprint density at radius 3 is 2.68 bits per heavy atom. The van der Waals surface area contributed by atoms with E-state index in [4.69, 9.17) is 0 Å². The predicted molar refractivity (Wildman–Crippen MR) is 80.3 cm³/mol. The van der Waals surface area contributed by atoms with Gasteiger partial charge in [-0.1, -0.05) is 18.2 Å². The summed E-state index contributed by atoms with van der Waals surface area (Å²) in [6.45, 7) is 3.41. The standard InChI is InChI=1S/C16H23N3/c1-18-9-7-14(8-10-18)17-11-13-12-19(2)16-6-4-3-5-15(13)16/h3-6,12,14,17H,7-11H2,1-2H3. The lowest BCUT2D eigenvalue weighted by atomic mass is 10.1. The minimum Gasteiger partial charge on any atom is -0.350 e. The predicted octanol–water partition coefficient (Wildman–Crippen LogP) is 2.36. The molecule has 3 rings (SSSR count). The van der Waals surface area contributed by atoms with Crippen LogP contribution in [0.4, 0.5) is 0 Å². The molecule has 0 atom stereocenters. The average Bonchev–Trinajstić information content (AvgIpc) is 2.76. The normalized spacial score (nSPS) is 18.2. The van der Waals surface area contributed by atoms with E-state index >= 15 is 0 Å². The van der Waals surface area contributed by atoms with Crippen molar-refractivity contribution in [3.8, 4) is 0 Å². The van der Waals surface area contributed by atoms with Crippen molar-refractivity contribution < 1.29 is 0 Å². The van der Waals surface area contributed by atoms with Gasteiger partial charge in [-0.05, 0) is 44.6 Å². The van der Waals surface area contributed by atoms with Crippen LogP contribution in [0.25, 0.3) is 10.9 Å². The van der Waals surface area contributed by atoms with E-state index in [-0.39, 0.29) is 0 Å². The number of likely N-dealkylation sites (tertiary alicyclic amines) is 1. The van der Waals surface area contributed by atoms with Crippen LogP contribution in [0, 0.1) is 0 Å². The first-order chi connectivity index (χ1) is 9.24. The molecule has 102 valence electrons. The minimum atomic E-state index is 0.676. The van der Waals surface area contributed by atoms with Crippen LogP contribution in [-0.4, -0.2) is 35.6 Å². The molecule has 0 bridgehead atoms. The van der Waals surface area contributed by atoms with Crippen molar-refractivity contribution in [1.82, 2.24) is 14.8 Å². The van der Waals surface area contributed by atoms with Crippen LogP contribution >= 0.6 is 0 Å². The lowest BCUT2D eigenvalue weighted by molar-refractivity contribution is 0.234. The van der Waals surface area contributed by atoms with Gasteiger partial charge in [0.05, 0.1) is 0 Å². The molecule has 1 aromatic heterocycles. The highest BCUT2D eigenvalue weighted by Crippen LogP contribution is 2.20. The molecule has 0 spiro atoms. The molecule has 1 aliphatic heterocycles. The van der Waals surface area contributed by atoms with Crippen LogP contribution in [0.1, 0.15) is 18.4 Å². The van der Waals surface area contributed by atoms with E-state index < -0.39 is 0 Å². The Labute approximate surface area is 115 Å². The van der Waals surface area contributed by atoms with Gasteiger partial charge in [0.15, 0.2) is 0 Å². The SMILES string of the molecule is CN1CCC(NCc2cn(C)c3ccccc23)CC1. The second-order valence-electron chi connectivity index (χ2n) is 5.74. The van der Waals surface area contributed by atoms with E-state index in [1.165, 1.54) is 42.4 Å². The molecule has 1 saturated heterocycles. The largest absolute Gasteiger partial charge is 0.350 e. The molecule has 0 radical (unpaired) electrons. The van der Waals surface area contributed by atoms with Gasteiger partial charge in [-0.25, -0.2) is 0 Å². The van der Waals surface area contributed by atoms with E-state index in [9.17, 15) is 0 Å². The van der Waals surface area contributed by atoms with Gasteiger partial charge in [-0.3, -0.25) is 0 Å². The Bertz CT molecular complexity index is 550. The topological polar surface area (TPSA) is 20.2 Å². The van der Waals surface area contributed by atoms with Crippen LogP contribution < -0.4 is 5.32 Å². The number of aromatic nitrogens is 1. The van der Waals surface area contributed by atoms with Gasteiger partial charge in [0, 0.05) is 36.7 Å². The van der Waals surface area contributed by atoms with E-state index in [0.717, 1.165) is 6.54 Å². The van der Waals surface area contributed by atoms with E-state index in [0.29, 0.717) is 6.04 Å². The fourth-order valence-electron chi connectivity index (χ4n) is 3.03. The molecule has 1 N–H and O–H groups in total. The molecule has 0 amide bonds. The minimum absolute atomic E-state index is 0.676. The van der Waals surface area contributed by atoms with Crippen molar-refractivity contribution in [2.75, 3.05) is 20.1 Å². The number of aryl methyl sites for hydroxylation is 1. The third-order valence-corrected chi connectivity index (χ3v) is 4.28. The number of benzene rings is 1. The van der Waals surface area contributed by atoms with E-state index in [2.05, 4.69) is 59.3 Å². The number of para-hydroxylation sites is 1. The summed E-state index contributed by atoms with van der Waals surface area (Å²) in [4.78, 5) is 2.41. The Morgan fingerprint density at radius 2 is 1.89 bits per heavy atom. The molecule has 0 saturated carbocycles. The van der Waals surface area contributed by atoms with Crippen molar-refractivity contribution in [3.63, 3.8) is 0 Å². The lowest BCUT2D eigenvalue weighted by Crippen LogP contribution is -2.40. The zero-order chi connectivity index (χ0) is 13.2. The Kier molecular flexibility index (Phi) is 3.58. The highest BCUT2D eigenvalue weighted by molar-refractivity contribution is 5.83. The maximum atomic E-state index is 3.72. The highest BCUT2D eigenvalue weighted by Gasteiger charge is 2.16. The first-order valence-electron chi connectivity index (χ1n) is 7.19. The van der Waals surface area contributed by atoms with E-state index in [1.807, 2.05) is 0 Å². The number of hydrogen-bond donors (Lipinski definition) is 1. The number of piperidine rings is 1. The molecule has 2 aromatic rings. The van der Waals surface area contributed by atoms with Crippen LogP contribution in [0.15, 0.2) is 30.5 Å². The quantitative estimate of drug-likeness (QED) is 0.911. The van der Waals surface area contributed by atoms with Gasteiger partial charge < -0.3 is 14.8 Å². The number of nitrogens with zero attached hydrogens (tertiary/aromatic N) is 2. The van der Waals surface area contributed by atoms with Crippen molar-refractivity contribution >= 4 is 10.9 Å². The van der Waals surface area contributed by atoms with Crippen molar-refractivity contribution in [2.45, 2.75) is 25.4 Å². The molecular formula is C16H23N3. The molecule has 3 nitrogen and oxygen atoms in total. The first kappa shape index (κ1) is 12.7. The van der Waals surface area contributed by atoms with Gasteiger partial charge >= 0.3 is 0 Å². The van der Waals surface area contributed by atoms with Gasteiger partial charge in [-0.2, -0.15) is 0 Å². The van der Waals surface area contributed by atoms with Gasteiger partial charge in [-0.15, -0.1) is 0 Å². The van der Waals surface area contributed by atoms with Crippen LogP contribution in [0.5, 0.6) is 0 Å². The van der Waals surface area contributed by atoms with Crippen molar-refractivity contribution in [3.05, 3.63) is 36.0 Å². The maximum absolute atomic E-state index is 3.72. The fraction of sp³-hybridized carbons (Fsp3) is 0.500. The Hall–Kier alpha value is -1.32. The number of rotatable bonds is 3. The van der Waals surface area contributed by atoms with E-state index in [1.54, 1.807) is 0 Å². The van der Waals surface area contributed by atoms with Crippen LogP contribution in [-0.2, 0) is 13.6 Å². The summed E-state index contributed by atoms with van der Waals surface area (Å²) in [6.07, 6.45) is 4.79. The summed E-state index contributed by atoms with van der Waals surface area (Å²) in [5.74, 6) is 0.